The third-order valence-electron chi connectivity index (χ3n) is 3.07. The Labute approximate surface area is 128 Å². The van der Waals surface area contributed by atoms with Crippen LogP contribution in [-0.2, 0) is 4.79 Å². The summed E-state index contributed by atoms with van der Waals surface area (Å²) in [4.78, 5) is 26.2. The lowest BCUT2D eigenvalue weighted by Gasteiger charge is -2.28. The fraction of sp³-hybridized carbons (Fsp3) is 0.929. The van der Waals surface area contributed by atoms with Crippen molar-refractivity contribution in [2.75, 3.05) is 34.2 Å². The molecule has 0 bridgehead atoms. The molecule has 2 N–H and O–H groups in total. The molecule has 0 saturated carbocycles. The molecule has 0 spiro atoms. The van der Waals surface area contributed by atoms with E-state index in [4.69, 9.17) is 0 Å². The minimum Gasteiger partial charge on any atom is -0.393 e. The SMILES string of the molecule is CC.CC(C(=O)N(C)CCN(C)C)C(C[C@@H](C)O)NN=O. The molecule has 1 amide bonds. The summed E-state index contributed by atoms with van der Waals surface area (Å²) < 4.78 is 0. The van der Waals surface area contributed by atoms with Crippen LogP contribution in [0.5, 0.6) is 0 Å². The molecular weight excluding hydrogens is 272 g/mol. The van der Waals surface area contributed by atoms with E-state index in [1.165, 1.54) is 0 Å². The van der Waals surface area contributed by atoms with Gasteiger partial charge in [-0.05, 0) is 27.4 Å². The third kappa shape index (κ3) is 10.2. The molecule has 0 rings (SSSR count). The maximum Gasteiger partial charge on any atom is 0.227 e. The number of nitrogens with zero attached hydrogens (tertiary/aromatic N) is 3. The molecule has 0 aromatic carbocycles. The number of aliphatic hydroxyl groups is 1. The number of nitroso groups, excluding NO2 is 1. The lowest BCUT2D eigenvalue weighted by atomic mass is 9.96. The zero-order chi connectivity index (χ0) is 17.0. The van der Waals surface area contributed by atoms with Crippen molar-refractivity contribution in [1.29, 1.82) is 0 Å². The summed E-state index contributed by atoms with van der Waals surface area (Å²) in [6, 6.07) is -0.452. The van der Waals surface area contributed by atoms with E-state index in [-0.39, 0.29) is 5.91 Å². The van der Waals surface area contributed by atoms with Crippen molar-refractivity contribution in [2.24, 2.45) is 11.2 Å². The van der Waals surface area contributed by atoms with Crippen molar-refractivity contribution in [3.63, 3.8) is 0 Å². The highest BCUT2D eigenvalue weighted by Gasteiger charge is 2.27. The van der Waals surface area contributed by atoms with Gasteiger partial charge in [0, 0.05) is 25.4 Å². The van der Waals surface area contributed by atoms with E-state index in [0.717, 1.165) is 6.54 Å². The van der Waals surface area contributed by atoms with Crippen LogP contribution in [0.25, 0.3) is 0 Å². The van der Waals surface area contributed by atoms with Crippen molar-refractivity contribution in [3.05, 3.63) is 4.91 Å². The molecule has 2 unspecified atom stereocenters. The molecule has 0 aromatic heterocycles. The molecule has 0 aliphatic rings. The lowest BCUT2D eigenvalue weighted by molar-refractivity contribution is -0.135. The molecule has 7 heteroatoms. The Morgan fingerprint density at radius 1 is 1.19 bits per heavy atom. The Morgan fingerprint density at radius 3 is 2.10 bits per heavy atom. The Bertz CT molecular complexity index is 285. The van der Waals surface area contributed by atoms with Gasteiger partial charge in [0.25, 0.3) is 0 Å². The van der Waals surface area contributed by atoms with Gasteiger partial charge in [-0.3, -0.25) is 10.2 Å². The lowest BCUT2D eigenvalue weighted by Crippen LogP contribution is -2.45. The summed E-state index contributed by atoms with van der Waals surface area (Å²) in [6.45, 7) is 8.74. The van der Waals surface area contributed by atoms with Crippen molar-refractivity contribution >= 4 is 5.91 Å². The van der Waals surface area contributed by atoms with Crippen molar-refractivity contribution < 1.29 is 9.90 Å². The minimum atomic E-state index is -0.596. The van der Waals surface area contributed by atoms with Crippen LogP contribution < -0.4 is 5.43 Å². The monoisotopic (exact) mass is 304 g/mol. The summed E-state index contributed by atoms with van der Waals surface area (Å²) in [7, 11) is 5.61. The van der Waals surface area contributed by atoms with E-state index in [9.17, 15) is 14.8 Å². The van der Waals surface area contributed by atoms with Crippen LogP contribution in [0.3, 0.4) is 0 Å². The van der Waals surface area contributed by atoms with E-state index in [1.807, 2.05) is 32.8 Å². The largest absolute Gasteiger partial charge is 0.393 e. The summed E-state index contributed by atoms with van der Waals surface area (Å²) in [5.41, 5.74) is 2.37. The molecule has 0 saturated heterocycles. The molecule has 21 heavy (non-hydrogen) atoms. The zero-order valence-electron chi connectivity index (χ0n) is 14.5. The third-order valence-corrected chi connectivity index (χ3v) is 3.07. The average molecular weight is 304 g/mol. The first-order valence-corrected chi connectivity index (χ1v) is 7.45. The molecule has 0 aliphatic carbocycles. The maximum absolute atomic E-state index is 12.2. The summed E-state index contributed by atoms with van der Waals surface area (Å²) in [6.07, 6.45) is -0.290. The number of carbonyl (C=O) groups excluding carboxylic acids is 1. The topological polar surface area (TPSA) is 85.2 Å². The van der Waals surface area contributed by atoms with Crippen molar-refractivity contribution in [1.82, 2.24) is 15.2 Å². The fourth-order valence-electron chi connectivity index (χ4n) is 1.78. The van der Waals surface area contributed by atoms with Crippen molar-refractivity contribution in [2.45, 2.75) is 46.3 Å². The number of carbonyl (C=O) groups is 1. The molecule has 0 aromatic rings. The highest BCUT2D eigenvalue weighted by molar-refractivity contribution is 5.79. The van der Waals surface area contributed by atoms with E-state index >= 15 is 0 Å². The number of nitrogens with one attached hydrogen (secondary N) is 1. The van der Waals surface area contributed by atoms with Crippen LogP contribution in [0, 0.1) is 10.8 Å². The summed E-state index contributed by atoms with van der Waals surface area (Å²) in [5, 5.41) is 12.0. The van der Waals surface area contributed by atoms with Gasteiger partial charge in [0.2, 0.25) is 5.91 Å². The first-order chi connectivity index (χ1) is 9.79. The maximum atomic E-state index is 12.2. The predicted molar refractivity (Wildman–Crippen MR) is 85.7 cm³/mol. The standard InChI is InChI=1S/C12H26N4O3.C2H6/c1-9(17)8-11(13-14-19)10(2)12(18)16(5)7-6-15(3)4;1-2/h9-11,17H,6-8H2,1-5H3,(H,13,19);1-2H3/t9-,10?,11?;/m1./s1. The van der Waals surface area contributed by atoms with E-state index in [1.54, 1.807) is 25.8 Å². The second-order valence-corrected chi connectivity index (χ2v) is 5.26. The van der Waals surface area contributed by atoms with Crippen LogP contribution in [0.1, 0.15) is 34.1 Å². The molecule has 126 valence electrons. The molecule has 0 fully saturated rings. The second kappa shape index (κ2) is 12.5. The molecule has 0 heterocycles. The zero-order valence-corrected chi connectivity index (χ0v) is 14.5. The van der Waals surface area contributed by atoms with Gasteiger partial charge in [-0.15, -0.1) is 4.91 Å². The highest BCUT2D eigenvalue weighted by Crippen LogP contribution is 2.12. The van der Waals surface area contributed by atoms with Gasteiger partial charge < -0.3 is 14.9 Å². The summed E-state index contributed by atoms with van der Waals surface area (Å²) in [5.74, 6) is -0.483. The Morgan fingerprint density at radius 2 is 1.71 bits per heavy atom. The Hall–Kier alpha value is -1.21. The second-order valence-electron chi connectivity index (χ2n) is 5.26. The van der Waals surface area contributed by atoms with Crippen molar-refractivity contribution in [3.8, 4) is 0 Å². The first kappa shape index (κ1) is 22.1. The Balaban J connectivity index is 0. The predicted octanol–water partition coefficient (Wildman–Crippen LogP) is 1.08. The number of amides is 1. The van der Waals surface area contributed by atoms with E-state index < -0.39 is 18.1 Å². The highest BCUT2D eigenvalue weighted by atomic mass is 16.3. The molecule has 0 aliphatic heterocycles. The smallest absolute Gasteiger partial charge is 0.227 e. The number of aliphatic hydroxyl groups excluding tert-OH is 1. The van der Waals surface area contributed by atoms with Gasteiger partial charge in [0.15, 0.2) is 0 Å². The quantitative estimate of drug-likeness (QED) is 0.492. The molecular formula is C14H32N4O3. The van der Waals surface area contributed by atoms with Gasteiger partial charge in [0.05, 0.1) is 18.1 Å². The van der Waals surface area contributed by atoms with Gasteiger partial charge >= 0.3 is 0 Å². The van der Waals surface area contributed by atoms with E-state index in [0.29, 0.717) is 13.0 Å². The van der Waals surface area contributed by atoms with E-state index in [2.05, 4.69) is 10.7 Å². The minimum absolute atomic E-state index is 0.0661. The van der Waals surface area contributed by atoms with Crippen LogP contribution in [0.4, 0.5) is 0 Å². The Kier molecular flexibility index (Phi) is 13.2. The fourth-order valence-corrected chi connectivity index (χ4v) is 1.78. The van der Waals surface area contributed by atoms with Crippen LogP contribution in [0.15, 0.2) is 5.29 Å². The van der Waals surface area contributed by atoms with Crippen LogP contribution in [-0.4, -0.2) is 67.2 Å². The molecule has 0 radical (unpaired) electrons. The number of hydrogen-bond donors (Lipinski definition) is 2. The van der Waals surface area contributed by atoms with Gasteiger partial charge in [-0.2, -0.15) is 0 Å². The number of likely N-dealkylation sites (N-methyl/N-ethyl adjacent to an activating group) is 2. The van der Waals surface area contributed by atoms with Gasteiger partial charge in [-0.25, -0.2) is 0 Å². The molecule has 3 atom stereocenters. The van der Waals surface area contributed by atoms with Gasteiger partial charge in [0.1, 0.15) is 0 Å². The summed E-state index contributed by atoms with van der Waals surface area (Å²) >= 11 is 0. The van der Waals surface area contributed by atoms with Crippen LogP contribution in [0.2, 0.25) is 0 Å². The molecule has 7 nitrogen and oxygen atoms in total. The van der Waals surface area contributed by atoms with Crippen LogP contribution >= 0.6 is 0 Å². The normalized spacial score (nSPS) is 14.5. The average Bonchev–Trinajstić information content (AvgIpc) is 2.44. The first-order valence-electron chi connectivity index (χ1n) is 7.45. The number of rotatable bonds is 9. The van der Waals surface area contributed by atoms with Gasteiger partial charge in [-0.1, -0.05) is 20.8 Å². The number of hydrogen-bond acceptors (Lipinski definition) is 5.